The topological polar surface area (TPSA) is 56.3 Å². The van der Waals surface area contributed by atoms with Gasteiger partial charge in [-0.05, 0) is 12.5 Å². The van der Waals surface area contributed by atoms with E-state index in [4.69, 9.17) is 9.47 Å². The summed E-state index contributed by atoms with van der Waals surface area (Å²) in [5.41, 5.74) is 0.544. The Balaban J connectivity index is 2.27. The number of rotatable bonds is 6. The average Bonchev–Trinajstić information content (AvgIpc) is 2.43. The van der Waals surface area contributed by atoms with Crippen LogP contribution in [0.25, 0.3) is 10.9 Å². The number of methoxy groups -OCH3 is 2. The van der Waals surface area contributed by atoms with E-state index in [2.05, 4.69) is 15.3 Å². The molecule has 0 spiro atoms. The van der Waals surface area contributed by atoms with Crippen LogP contribution in [-0.4, -0.2) is 37.3 Å². The molecule has 0 bridgehead atoms. The van der Waals surface area contributed by atoms with Crippen molar-refractivity contribution in [2.45, 2.75) is 6.42 Å². The van der Waals surface area contributed by atoms with Gasteiger partial charge in [-0.15, -0.1) is 0 Å². The van der Waals surface area contributed by atoms with Crippen molar-refractivity contribution in [3.8, 4) is 5.75 Å². The zero-order valence-corrected chi connectivity index (χ0v) is 10.9. The van der Waals surface area contributed by atoms with Crippen LogP contribution in [-0.2, 0) is 4.74 Å². The minimum atomic E-state index is -0.431. The molecular weight excluding hydrogens is 249 g/mol. The number of benzene rings is 1. The van der Waals surface area contributed by atoms with Crippen molar-refractivity contribution in [3.63, 3.8) is 0 Å². The fraction of sp³-hybridized carbons (Fsp3) is 0.385. The van der Waals surface area contributed by atoms with E-state index in [0.29, 0.717) is 17.9 Å². The number of halogens is 1. The summed E-state index contributed by atoms with van der Waals surface area (Å²) in [7, 11) is 3.09. The maximum absolute atomic E-state index is 13.6. The number of aromatic nitrogens is 2. The van der Waals surface area contributed by atoms with Crippen LogP contribution in [0, 0.1) is 5.82 Å². The van der Waals surface area contributed by atoms with Crippen LogP contribution >= 0.6 is 0 Å². The molecule has 1 aromatic heterocycles. The molecule has 1 heterocycles. The molecule has 102 valence electrons. The standard InChI is InChI=1S/C13H16FN3O2/c1-18-5-3-4-15-13-9-6-12(19-2)10(14)7-11(9)16-8-17-13/h6-8H,3-5H2,1-2H3,(H,15,16,17). The maximum atomic E-state index is 13.6. The van der Waals surface area contributed by atoms with Gasteiger partial charge in [0.1, 0.15) is 12.1 Å². The Morgan fingerprint density at radius 1 is 1.26 bits per heavy atom. The van der Waals surface area contributed by atoms with Gasteiger partial charge in [0.2, 0.25) is 0 Å². The van der Waals surface area contributed by atoms with Crippen LogP contribution < -0.4 is 10.1 Å². The highest BCUT2D eigenvalue weighted by atomic mass is 19.1. The normalized spacial score (nSPS) is 10.7. The largest absolute Gasteiger partial charge is 0.494 e. The molecule has 5 nitrogen and oxygen atoms in total. The molecule has 19 heavy (non-hydrogen) atoms. The van der Waals surface area contributed by atoms with Crippen molar-refractivity contribution in [2.75, 3.05) is 32.7 Å². The zero-order valence-electron chi connectivity index (χ0n) is 10.9. The summed E-state index contributed by atoms with van der Waals surface area (Å²) in [5, 5.41) is 3.92. The lowest BCUT2D eigenvalue weighted by molar-refractivity contribution is 0.198. The monoisotopic (exact) mass is 265 g/mol. The third-order valence-electron chi connectivity index (χ3n) is 2.73. The first-order valence-electron chi connectivity index (χ1n) is 5.97. The first-order valence-corrected chi connectivity index (χ1v) is 5.97. The van der Waals surface area contributed by atoms with Crippen LogP contribution in [0.5, 0.6) is 5.75 Å². The summed E-state index contributed by atoms with van der Waals surface area (Å²) < 4.78 is 23.5. The second-order valence-electron chi connectivity index (χ2n) is 4.00. The molecule has 2 rings (SSSR count). The first-order chi connectivity index (χ1) is 9.26. The lowest BCUT2D eigenvalue weighted by atomic mass is 10.2. The van der Waals surface area contributed by atoms with Crippen molar-refractivity contribution in [3.05, 3.63) is 24.3 Å². The molecule has 0 aliphatic carbocycles. The highest BCUT2D eigenvalue weighted by Crippen LogP contribution is 2.27. The molecule has 0 atom stereocenters. The molecule has 0 unspecified atom stereocenters. The summed E-state index contributed by atoms with van der Waals surface area (Å²) in [5.74, 6) is 0.417. The van der Waals surface area contributed by atoms with Crippen LogP contribution in [0.4, 0.5) is 10.2 Å². The van der Waals surface area contributed by atoms with E-state index in [1.54, 1.807) is 13.2 Å². The third-order valence-corrected chi connectivity index (χ3v) is 2.73. The van der Waals surface area contributed by atoms with E-state index in [-0.39, 0.29) is 5.75 Å². The van der Waals surface area contributed by atoms with Gasteiger partial charge >= 0.3 is 0 Å². The molecule has 0 amide bonds. The molecule has 0 aliphatic rings. The lowest BCUT2D eigenvalue weighted by Crippen LogP contribution is -2.07. The van der Waals surface area contributed by atoms with Gasteiger partial charge in [0, 0.05) is 31.7 Å². The van der Waals surface area contributed by atoms with E-state index < -0.39 is 5.82 Å². The number of hydrogen-bond donors (Lipinski definition) is 1. The minimum absolute atomic E-state index is 0.183. The fourth-order valence-electron chi connectivity index (χ4n) is 1.78. The van der Waals surface area contributed by atoms with E-state index >= 15 is 0 Å². The van der Waals surface area contributed by atoms with Gasteiger partial charge in [-0.2, -0.15) is 0 Å². The van der Waals surface area contributed by atoms with E-state index in [9.17, 15) is 4.39 Å². The van der Waals surface area contributed by atoms with E-state index in [1.807, 2.05) is 0 Å². The molecule has 1 N–H and O–H groups in total. The van der Waals surface area contributed by atoms with Crippen molar-refractivity contribution in [1.82, 2.24) is 9.97 Å². The summed E-state index contributed by atoms with van der Waals surface area (Å²) in [6, 6.07) is 2.94. The SMILES string of the molecule is COCCCNc1ncnc2cc(F)c(OC)cc12. The highest BCUT2D eigenvalue weighted by Gasteiger charge is 2.09. The van der Waals surface area contributed by atoms with E-state index in [1.165, 1.54) is 19.5 Å². The van der Waals surface area contributed by atoms with Crippen molar-refractivity contribution >= 4 is 16.7 Å². The third kappa shape index (κ3) is 3.08. The molecule has 0 fully saturated rings. The Bertz CT molecular complexity index is 563. The fourth-order valence-corrected chi connectivity index (χ4v) is 1.78. The van der Waals surface area contributed by atoms with Crippen molar-refractivity contribution in [2.24, 2.45) is 0 Å². The lowest BCUT2D eigenvalue weighted by Gasteiger charge is -2.09. The Kier molecular flexibility index (Phi) is 4.46. The van der Waals surface area contributed by atoms with Gasteiger partial charge in [-0.25, -0.2) is 14.4 Å². The van der Waals surface area contributed by atoms with Crippen LogP contribution in [0.15, 0.2) is 18.5 Å². The summed E-state index contributed by atoms with van der Waals surface area (Å²) in [4.78, 5) is 8.22. The molecule has 0 radical (unpaired) electrons. The van der Waals surface area contributed by atoms with Crippen LogP contribution in [0.3, 0.4) is 0 Å². The molecule has 1 aromatic carbocycles. The number of anilines is 1. The predicted octanol–water partition coefficient (Wildman–Crippen LogP) is 2.23. The number of nitrogens with one attached hydrogen (secondary N) is 1. The second kappa shape index (κ2) is 6.29. The maximum Gasteiger partial charge on any atom is 0.167 e. The van der Waals surface area contributed by atoms with Gasteiger partial charge < -0.3 is 14.8 Å². The summed E-state index contributed by atoms with van der Waals surface area (Å²) >= 11 is 0. The first kappa shape index (κ1) is 13.5. The Hall–Kier alpha value is -1.95. The van der Waals surface area contributed by atoms with Gasteiger partial charge in [-0.1, -0.05) is 0 Å². The van der Waals surface area contributed by atoms with Gasteiger partial charge in [-0.3, -0.25) is 0 Å². The second-order valence-corrected chi connectivity index (χ2v) is 4.00. The number of hydrogen-bond acceptors (Lipinski definition) is 5. The molecule has 0 saturated heterocycles. The Labute approximate surface area is 110 Å². The Morgan fingerprint density at radius 3 is 2.84 bits per heavy atom. The molecule has 6 heteroatoms. The predicted molar refractivity (Wildman–Crippen MR) is 71.0 cm³/mol. The van der Waals surface area contributed by atoms with Gasteiger partial charge in [0.05, 0.1) is 12.6 Å². The van der Waals surface area contributed by atoms with Crippen LogP contribution in [0.2, 0.25) is 0 Å². The average molecular weight is 265 g/mol. The number of nitrogens with zero attached hydrogens (tertiary/aromatic N) is 2. The van der Waals surface area contributed by atoms with E-state index in [0.717, 1.165) is 18.4 Å². The number of ether oxygens (including phenoxy) is 2. The summed E-state index contributed by atoms with van der Waals surface area (Å²) in [6.07, 6.45) is 2.27. The van der Waals surface area contributed by atoms with Gasteiger partial charge in [0.25, 0.3) is 0 Å². The zero-order chi connectivity index (χ0) is 13.7. The highest BCUT2D eigenvalue weighted by molar-refractivity contribution is 5.90. The van der Waals surface area contributed by atoms with Crippen molar-refractivity contribution < 1.29 is 13.9 Å². The van der Waals surface area contributed by atoms with Crippen LogP contribution in [0.1, 0.15) is 6.42 Å². The molecule has 2 aromatic rings. The number of fused-ring (bicyclic) bond motifs is 1. The molecule has 0 saturated carbocycles. The van der Waals surface area contributed by atoms with Gasteiger partial charge in [0.15, 0.2) is 11.6 Å². The quantitative estimate of drug-likeness (QED) is 0.812. The molecule has 0 aliphatic heterocycles. The molecular formula is C13H16FN3O2. The smallest absolute Gasteiger partial charge is 0.167 e. The van der Waals surface area contributed by atoms with Crippen molar-refractivity contribution in [1.29, 1.82) is 0 Å². The Morgan fingerprint density at radius 2 is 2.11 bits per heavy atom. The minimum Gasteiger partial charge on any atom is -0.494 e. The summed E-state index contributed by atoms with van der Waals surface area (Å²) in [6.45, 7) is 1.40.